The third kappa shape index (κ3) is 9.39. The molecule has 146 valence electrons. The molecule has 1 aromatic carbocycles. The molecule has 0 spiro atoms. The van der Waals surface area contributed by atoms with Gasteiger partial charge >= 0.3 is 17.9 Å². The fourth-order valence-corrected chi connectivity index (χ4v) is 2.06. The zero-order chi connectivity index (χ0) is 20.1. The summed E-state index contributed by atoms with van der Waals surface area (Å²) in [5.74, 6) is -1.18. The summed E-state index contributed by atoms with van der Waals surface area (Å²) in [7, 11) is 1.31. The predicted molar refractivity (Wildman–Crippen MR) is 102 cm³/mol. The second-order valence-electron chi connectivity index (χ2n) is 5.94. The van der Waals surface area contributed by atoms with Gasteiger partial charge in [0.2, 0.25) is 0 Å². The van der Waals surface area contributed by atoms with E-state index in [1.165, 1.54) is 13.2 Å². The van der Waals surface area contributed by atoms with E-state index in [-0.39, 0.29) is 11.9 Å². The van der Waals surface area contributed by atoms with Gasteiger partial charge in [0.05, 0.1) is 25.9 Å². The first-order valence-corrected chi connectivity index (χ1v) is 8.80. The van der Waals surface area contributed by atoms with Crippen molar-refractivity contribution < 1.29 is 28.6 Å². The van der Waals surface area contributed by atoms with Crippen LogP contribution in [0, 0.1) is 0 Å². The van der Waals surface area contributed by atoms with Crippen LogP contribution in [0.15, 0.2) is 42.5 Å². The first-order chi connectivity index (χ1) is 12.9. The number of rotatable bonds is 11. The van der Waals surface area contributed by atoms with Crippen LogP contribution in [0.25, 0.3) is 6.08 Å². The summed E-state index contributed by atoms with van der Waals surface area (Å²) in [5.41, 5.74) is 1.63. The van der Waals surface area contributed by atoms with Crippen molar-refractivity contribution in [1.82, 2.24) is 0 Å². The van der Waals surface area contributed by atoms with Gasteiger partial charge in [-0.1, -0.05) is 18.7 Å². The Bertz CT molecular complexity index is 672. The molecule has 0 saturated carbocycles. The van der Waals surface area contributed by atoms with Crippen molar-refractivity contribution in [3.63, 3.8) is 0 Å². The van der Waals surface area contributed by atoms with Crippen molar-refractivity contribution in [3.8, 4) is 0 Å². The summed E-state index contributed by atoms with van der Waals surface area (Å²) in [5, 5.41) is 0. The van der Waals surface area contributed by atoms with Gasteiger partial charge in [-0.3, -0.25) is 0 Å². The molecule has 0 saturated heterocycles. The lowest BCUT2D eigenvalue weighted by molar-refractivity contribution is -0.139. The largest absolute Gasteiger partial charge is 0.466 e. The molecule has 6 heteroatoms. The standard InChI is InChI=1S/C21H26O6/c1-16(2)20(23)26-14-6-4-5-7-15-27-21(24)18-11-8-17(9-12-18)10-13-19(22)25-3/h8-13H,1,4-7,14-15H2,2-3H3. The Morgan fingerprint density at radius 2 is 1.56 bits per heavy atom. The minimum Gasteiger partial charge on any atom is -0.466 e. The number of carbonyl (C=O) groups is 3. The molecule has 0 heterocycles. The van der Waals surface area contributed by atoms with E-state index in [4.69, 9.17) is 9.47 Å². The van der Waals surface area contributed by atoms with E-state index in [2.05, 4.69) is 11.3 Å². The number of carbonyl (C=O) groups excluding carboxylic acids is 3. The Balaban J connectivity index is 2.19. The number of benzene rings is 1. The van der Waals surface area contributed by atoms with Crippen LogP contribution < -0.4 is 0 Å². The maximum Gasteiger partial charge on any atom is 0.338 e. The van der Waals surface area contributed by atoms with E-state index in [1.54, 1.807) is 37.3 Å². The molecule has 6 nitrogen and oxygen atoms in total. The van der Waals surface area contributed by atoms with Crippen LogP contribution in [0.2, 0.25) is 0 Å². The predicted octanol–water partition coefficient (Wildman–Crippen LogP) is 3.71. The lowest BCUT2D eigenvalue weighted by Gasteiger charge is -2.06. The Morgan fingerprint density at radius 3 is 2.11 bits per heavy atom. The van der Waals surface area contributed by atoms with E-state index in [9.17, 15) is 14.4 Å². The lowest BCUT2D eigenvalue weighted by Crippen LogP contribution is -2.07. The van der Waals surface area contributed by atoms with Crippen molar-refractivity contribution in [2.75, 3.05) is 20.3 Å². The summed E-state index contributed by atoms with van der Waals surface area (Å²) in [6.45, 7) is 5.85. The van der Waals surface area contributed by atoms with Gasteiger partial charge in [-0.05, 0) is 56.4 Å². The number of esters is 3. The second-order valence-corrected chi connectivity index (χ2v) is 5.94. The smallest absolute Gasteiger partial charge is 0.338 e. The highest BCUT2D eigenvalue weighted by Gasteiger charge is 2.06. The minimum absolute atomic E-state index is 0.342. The minimum atomic E-state index is -0.438. The van der Waals surface area contributed by atoms with Gasteiger partial charge in [0.1, 0.15) is 0 Å². The summed E-state index contributed by atoms with van der Waals surface area (Å²) < 4.78 is 14.7. The lowest BCUT2D eigenvalue weighted by atomic mass is 10.1. The average Bonchev–Trinajstić information content (AvgIpc) is 2.67. The third-order valence-electron chi connectivity index (χ3n) is 3.61. The van der Waals surface area contributed by atoms with Gasteiger partial charge in [0.15, 0.2) is 0 Å². The van der Waals surface area contributed by atoms with Crippen LogP contribution in [0.1, 0.15) is 48.5 Å². The van der Waals surface area contributed by atoms with Gasteiger partial charge in [-0.2, -0.15) is 0 Å². The van der Waals surface area contributed by atoms with Gasteiger partial charge in [-0.25, -0.2) is 14.4 Å². The highest BCUT2D eigenvalue weighted by atomic mass is 16.5. The molecule has 0 aliphatic heterocycles. The first-order valence-electron chi connectivity index (χ1n) is 8.80. The number of ether oxygens (including phenoxy) is 3. The molecule has 0 amide bonds. The molecule has 0 fully saturated rings. The van der Waals surface area contributed by atoms with Gasteiger partial charge in [-0.15, -0.1) is 0 Å². The molecule has 0 atom stereocenters. The van der Waals surface area contributed by atoms with Crippen LogP contribution in [0.3, 0.4) is 0 Å². The third-order valence-corrected chi connectivity index (χ3v) is 3.61. The molecule has 1 rings (SSSR count). The average molecular weight is 374 g/mol. The SMILES string of the molecule is C=C(C)C(=O)OCCCCCCOC(=O)c1ccc(C=CC(=O)OC)cc1. The van der Waals surface area contributed by atoms with Gasteiger partial charge in [0.25, 0.3) is 0 Å². The Kier molecular flexibility index (Phi) is 10.2. The van der Waals surface area contributed by atoms with E-state index in [1.807, 2.05) is 0 Å². The van der Waals surface area contributed by atoms with E-state index in [0.29, 0.717) is 24.4 Å². The van der Waals surface area contributed by atoms with Crippen molar-refractivity contribution >= 4 is 24.0 Å². The highest BCUT2D eigenvalue weighted by molar-refractivity contribution is 5.90. The first kappa shape index (κ1) is 22.2. The zero-order valence-corrected chi connectivity index (χ0v) is 15.9. The van der Waals surface area contributed by atoms with Crippen molar-refractivity contribution in [2.45, 2.75) is 32.6 Å². The van der Waals surface area contributed by atoms with Crippen LogP contribution >= 0.6 is 0 Å². The molecular weight excluding hydrogens is 348 g/mol. The molecule has 0 bridgehead atoms. The summed E-state index contributed by atoms with van der Waals surface area (Å²) in [6, 6.07) is 6.75. The molecule has 0 N–H and O–H groups in total. The number of hydrogen-bond donors (Lipinski definition) is 0. The topological polar surface area (TPSA) is 78.9 Å². The van der Waals surface area contributed by atoms with Crippen LogP contribution in [0.4, 0.5) is 0 Å². The Hall–Kier alpha value is -2.89. The summed E-state index contributed by atoms with van der Waals surface area (Å²) in [4.78, 5) is 34.2. The van der Waals surface area contributed by atoms with Crippen molar-refractivity contribution in [2.24, 2.45) is 0 Å². The van der Waals surface area contributed by atoms with Crippen LogP contribution in [0.5, 0.6) is 0 Å². The summed E-state index contributed by atoms with van der Waals surface area (Å²) in [6.07, 6.45) is 6.21. The molecule has 27 heavy (non-hydrogen) atoms. The normalized spacial score (nSPS) is 10.4. The highest BCUT2D eigenvalue weighted by Crippen LogP contribution is 2.09. The van der Waals surface area contributed by atoms with E-state index >= 15 is 0 Å². The molecule has 0 aromatic heterocycles. The quantitative estimate of drug-likeness (QED) is 0.254. The van der Waals surface area contributed by atoms with Gasteiger partial charge in [0, 0.05) is 11.6 Å². The molecule has 0 aliphatic carbocycles. The van der Waals surface area contributed by atoms with Crippen LogP contribution in [-0.4, -0.2) is 38.2 Å². The molecular formula is C21H26O6. The Labute approximate surface area is 159 Å². The fourth-order valence-electron chi connectivity index (χ4n) is 2.06. The van der Waals surface area contributed by atoms with Gasteiger partial charge < -0.3 is 14.2 Å². The van der Waals surface area contributed by atoms with Crippen LogP contribution in [-0.2, 0) is 23.8 Å². The maximum atomic E-state index is 12.0. The number of methoxy groups -OCH3 is 1. The molecule has 0 unspecified atom stereocenters. The van der Waals surface area contributed by atoms with E-state index < -0.39 is 5.97 Å². The molecule has 0 radical (unpaired) electrons. The number of unbranched alkanes of at least 4 members (excludes halogenated alkanes) is 3. The maximum absolute atomic E-state index is 12.0. The summed E-state index contributed by atoms with van der Waals surface area (Å²) >= 11 is 0. The monoisotopic (exact) mass is 374 g/mol. The zero-order valence-electron chi connectivity index (χ0n) is 15.9. The number of hydrogen-bond acceptors (Lipinski definition) is 6. The van der Waals surface area contributed by atoms with Crippen molar-refractivity contribution in [1.29, 1.82) is 0 Å². The Morgan fingerprint density at radius 1 is 0.963 bits per heavy atom. The molecule has 1 aromatic rings. The second kappa shape index (κ2) is 12.5. The van der Waals surface area contributed by atoms with E-state index in [0.717, 1.165) is 31.2 Å². The molecule has 0 aliphatic rings. The van der Waals surface area contributed by atoms with Crippen molar-refractivity contribution in [3.05, 3.63) is 53.6 Å². The fraction of sp³-hybridized carbons (Fsp3) is 0.381.